The lowest BCUT2D eigenvalue weighted by molar-refractivity contribution is -0.139. The van der Waals surface area contributed by atoms with E-state index in [2.05, 4.69) is 24.5 Å². The van der Waals surface area contributed by atoms with Crippen LogP contribution in [0, 0.1) is 12.8 Å². The van der Waals surface area contributed by atoms with Gasteiger partial charge in [0.25, 0.3) is 0 Å². The largest absolute Gasteiger partial charge is 0.348 e. The molecule has 0 aliphatic rings. The van der Waals surface area contributed by atoms with Crippen molar-refractivity contribution in [2.75, 3.05) is 6.54 Å². The van der Waals surface area contributed by atoms with E-state index < -0.39 is 11.8 Å². The quantitative estimate of drug-likeness (QED) is 0.795. The molecule has 104 valence electrons. The van der Waals surface area contributed by atoms with Crippen LogP contribution in [0.1, 0.15) is 31.4 Å². The first kappa shape index (κ1) is 15.2. The fraction of sp³-hybridized carbons (Fsp3) is 0.467. The van der Waals surface area contributed by atoms with Gasteiger partial charge in [-0.2, -0.15) is 0 Å². The van der Waals surface area contributed by atoms with Gasteiger partial charge in [0.05, 0.1) is 0 Å². The number of rotatable bonds is 5. The maximum absolute atomic E-state index is 11.6. The summed E-state index contributed by atoms with van der Waals surface area (Å²) in [4.78, 5) is 23.1. The van der Waals surface area contributed by atoms with Gasteiger partial charge in [0.15, 0.2) is 0 Å². The summed E-state index contributed by atoms with van der Waals surface area (Å²) in [6.07, 6.45) is 0.872. The second kappa shape index (κ2) is 7.56. The zero-order chi connectivity index (χ0) is 14.3. The van der Waals surface area contributed by atoms with Crippen molar-refractivity contribution in [2.24, 2.45) is 5.92 Å². The Kier molecular flexibility index (Phi) is 6.06. The van der Waals surface area contributed by atoms with Crippen LogP contribution >= 0.6 is 0 Å². The number of carbonyl (C=O) groups is 2. The predicted octanol–water partition coefficient (Wildman–Crippen LogP) is 1.77. The third kappa shape index (κ3) is 5.55. The fourth-order valence-corrected chi connectivity index (χ4v) is 1.62. The first-order valence-electron chi connectivity index (χ1n) is 6.61. The molecule has 1 aromatic carbocycles. The van der Waals surface area contributed by atoms with Crippen LogP contribution in [0.25, 0.3) is 0 Å². The predicted molar refractivity (Wildman–Crippen MR) is 75.5 cm³/mol. The van der Waals surface area contributed by atoms with E-state index in [0.29, 0.717) is 19.0 Å². The van der Waals surface area contributed by atoms with Gasteiger partial charge >= 0.3 is 11.8 Å². The minimum absolute atomic E-state index is 0.378. The molecule has 4 heteroatoms. The molecular weight excluding hydrogens is 240 g/mol. The van der Waals surface area contributed by atoms with Gasteiger partial charge in [0.2, 0.25) is 0 Å². The Labute approximate surface area is 114 Å². The van der Waals surface area contributed by atoms with Gasteiger partial charge in [-0.25, -0.2) is 0 Å². The average molecular weight is 262 g/mol. The highest BCUT2D eigenvalue weighted by atomic mass is 16.2. The molecule has 0 fully saturated rings. The standard InChI is InChI=1S/C15H22N2O2/c1-11(2)8-9-16-14(18)15(19)17-10-13-7-5-4-6-12(13)3/h4-7,11H,8-10H2,1-3H3,(H,16,18)(H,17,19). The molecular formula is C15H22N2O2. The molecule has 0 saturated carbocycles. The first-order valence-corrected chi connectivity index (χ1v) is 6.61. The van der Waals surface area contributed by atoms with Gasteiger partial charge in [-0.05, 0) is 30.4 Å². The highest BCUT2D eigenvalue weighted by molar-refractivity contribution is 6.35. The highest BCUT2D eigenvalue weighted by Crippen LogP contribution is 2.05. The lowest BCUT2D eigenvalue weighted by Crippen LogP contribution is -2.40. The van der Waals surface area contributed by atoms with Gasteiger partial charge < -0.3 is 10.6 Å². The van der Waals surface area contributed by atoms with Crippen LogP contribution in [0.3, 0.4) is 0 Å². The Balaban J connectivity index is 2.35. The molecule has 0 heterocycles. The van der Waals surface area contributed by atoms with Crippen LogP contribution < -0.4 is 10.6 Å². The lowest BCUT2D eigenvalue weighted by atomic mass is 10.1. The first-order chi connectivity index (χ1) is 9.00. The molecule has 2 N–H and O–H groups in total. The third-order valence-corrected chi connectivity index (χ3v) is 2.91. The summed E-state index contributed by atoms with van der Waals surface area (Å²) in [7, 11) is 0. The van der Waals surface area contributed by atoms with Crippen molar-refractivity contribution in [3.05, 3.63) is 35.4 Å². The van der Waals surface area contributed by atoms with E-state index in [1.54, 1.807) is 0 Å². The number of benzene rings is 1. The molecule has 0 saturated heterocycles. The van der Waals surface area contributed by atoms with Crippen LogP contribution in [0.2, 0.25) is 0 Å². The van der Waals surface area contributed by atoms with Gasteiger partial charge in [0.1, 0.15) is 0 Å². The number of hydrogen-bond acceptors (Lipinski definition) is 2. The molecule has 0 bridgehead atoms. The van der Waals surface area contributed by atoms with Crippen molar-refractivity contribution in [3.8, 4) is 0 Å². The number of aryl methyl sites for hydroxylation is 1. The summed E-state index contributed by atoms with van der Waals surface area (Å²) in [6, 6.07) is 7.77. The lowest BCUT2D eigenvalue weighted by Gasteiger charge is -2.09. The molecule has 0 aliphatic carbocycles. The zero-order valence-corrected chi connectivity index (χ0v) is 11.8. The van der Waals surface area contributed by atoms with E-state index in [1.165, 1.54) is 0 Å². The Morgan fingerprint density at radius 2 is 1.74 bits per heavy atom. The van der Waals surface area contributed by atoms with E-state index in [-0.39, 0.29) is 0 Å². The number of hydrogen-bond donors (Lipinski definition) is 2. The molecule has 1 rings (SSSR count). The van der Waals surface area contributed by atoms with Crippen molar-refractivity contribution in [3.63, 3.8) is 0 Å². The maximum atomic E-state index is 11.6. The summed E-state index contributed by atoms with van der Waals surface area (Å²) >= 11 is 0. The van der Waals surface area contributed by atoms with Crippen LogP contribution in [-0.2, 0) is 16.1 Å². The molecule has 1 aromatic rings. The molecule has 0 aliphatic heterocycles. The maximum Gasteiger partial charge on any atom is 0.309 e. The van der Waals surface area contributed by atoms with Crippen LogP contribution in [0.15, 0.2) is 24.3 Å². The minimum Gasteiger partial charge on any atom is -0.348 e. The van der Waals surface area contributed by atoms with Gasteiger partial charge in [-0.15, -0.1) is 0 Å². The van der Waals surface area contributed by atoms with E-state index in [1.807, 2.05) is 31.2 Å². The number of amides is 2. The molecule has 19 heavy (non-hydrogen) atoms. The minimum atomic E-state index is -0.577. The van der Waals surface area contributed by atoms with E-state index >= 15 is 0 Å². The summed E-state index contributed by atoms with van der Waals surface area (Å²) in [5.74, 6) is -0.628. The van der Waals surface area contributed by atoms with Crippen molar-refractivity contribution < 1.29 is 9.59 Å². The van der Waals surface area contributed by atoms with Crippen LogP contribution in [0.5, 0.6) is 0 Å². The second-order valence-electron chi connectivity index (χ2n) is 5.05. The van der Waals surface area contributed by atoms with Crippen molar-refractivity contribution in [1.29, 1.82) is 0 Å². The Morgan fingerprint density at radius 3 is 2.37 bits per heavy atom. The molecule has 0 unspecified atom stereocenters. The SMILES string of the molecule is Cc1ccccc1CNC(=O)C(=O)NCCC(C)C. The van der Waals surface area contributed by atoms with E-state index in [9.17, 15) is 9.59 Å². The average Bonchev–Trinajstić information content (AvgIpc) is 2.36. The summed E-state index contributed by atoms with van der Waals surface area (Å²) < 4.78 is 0. The summed E-state index contributed by atoms with van der Waals surface area (Å²) in [6.45, 7) is 7.04. The summed E-state index contributed by atoms with van der Waals surface area (Å²) in [5.41, 5.74) is 2.12. The zero-order valence-electron chi connectivity index (χ0n) is 11.8. The molecule has 0 spiro atoms. The normalized spacial score (nSPS) is 10.3. The van der Waals surface area contributed by atoms with Crippen molar-refractivity contribution in [2.45, 2.75) is 33.7 Å². The molecule has 4 nitrogen and oxygen atoms in total. The Hall–Kier alpha value is -1.84. The van der Waals surface area contributed by atoms with E-state index in [0.717, 1.165) is 17.5 Å². The smallest absolute Gasteiger partial charge is 0.309 e. The Bertz CT molecular complexity index is 442. The van der Waals surface area contributed by atoms with Gasteiger partial charge in [-0.3, -0.25) is 9.59 Å². The fourth-order valence-electron chi connectivity index (χ4n) is 1.62. The van der Waals surface area contributed by atoms with Crippen LogP contribution in [-0.4, -0.2) is 18.4 Å². The van der Waals surface area contributed by atoms with Crippen molar-refractivity contribution >= 4 is 11.8 Å². The second-order valence-corrected chi connectivity index (χ2v) is 5.05. The Morgan fingerprint density at radius 1 is 1.11 bits per heavy atom. The molecule has 0 radical (unpaired) electrons. The summed E-state index contributed by atoms with van der Waals surface area (Å²) in [5, 5.41) is 5.24. The van der Waals surface area contributed by atoms with Gasteiger partial charge in [-0.1, -0.05) is 38.1 Å². The molecule has 0 atom stereocenters. The van der Waals surface area contributed by atoms with Gasteiger partial charge in [0, 0.05) is 13.1 Å². The third-order valence-electron chi connectivity index (χ3n) is 2.91. The highest BCUT2D eigenvalue weighted by Gasteiger charge is 2.12. The van der Waals surface area contributed by atoms with E-state index in [4.69, 9.17) is 0 Å². The molecule has 2 amide bonds. The van der Waals surface area contributed by atoms with Crippen LogP contribution in [0.4, 0.5) is 0 Å². The monoisotopic (exact) mass is 262 g/mol. The van der Waals surface area contributed by atoms with Crippen molar-refractivity contribution in [1.82, 2.24) is 10.6 Å². The number of carbonyl (C=O) groups excluding carboxylic acids is 2. The topological polar surface area (TPSA) is 58.2 Å². The number of nitrogens with one attached hydrogen (secondary N) is 2. The molecule has 0 aromatic heterocycles.